The number of hydrogen-bond donors (Lipinski definition) is 1. The Hall–Kier alpha value is -0.860. The molecule has 2 fully saturated rings. The van der Waals surface area contributed by atoms with E-state index in [1.165, 1.54) is 44.1 Å². The molecule has 1 aromatic carbocycles. The highest BCUT2D eigenvalue weighted by Crippen LogP contribution is 2.40. The topological polar surface area (TPSA) is 21.3 Å². The smallest absolute Gasteiger partial charge is 0.103 e. The van der Waals surface area contributed by atoms with Crippen LogP contribution in [0.1, 0.15) is 51.0 Å². The molecule has 1 spiro atoms. The van der Waals surface area contributed by atoms with Crippen molar-refractivity contribution in [3.8, 4) is 0 Å². The minimum Gasteiger partial charge on any atom is -0.361 e. The van der Waals surface area contributed by atoms with Gasteiger partial charge >= 0.3 is 0 Å². The number of morpholine rings is 1. The van der Waals surface area contributed by atoms with Crippen LogP contribution < -0.4 is 5.32 Å². The number of benzene rings is 1. The average Bonchev–Trinajstić information content (AvgIpc) is 2.65. The Morgan fingerprint density at radius 1 is 0.947 bits per heavy atom. The van der Waals surface area contributed by atoms with Crippen LogP contribution in [0, 0.1) is 0 Å². The number of hydrogen-bond acceptors (Lipinski definition) is 2. The molecule has 0 amide bonds. The van der Waals surface area contributed by atoms with Crippen LogP contribution in [0.25, 0.3) is 0 Å². The second-order valence-corrected chi connectivity index (χ2v) is 6.40. The van der Waals surface area contributed by atoms with E-state index in [1.54, 1.807) is 0 Å². The highest BCUT2D eigenvalue weighted by molar-refractivity contribution is 5.23. The summed E-state index contributed by atoms with van der Waals surface area (Å²) in [5.41, 5.74) is 1.19. The fourth-order valence-corrected chi connectivity index (χ4v) is 3.68. The molecule has 1 unspecified atom stereocenters. The second-order valence-electron chi connectivity index (χ2n) is 6.40. The van der Waals surface area contributed by atoms with E-state index < -0.39 is 0 Å². The zero-order chi connectivity index (χ0) is 13.2. The lowest BCUT2D eigenvalue weighted by molar-refractivity contribution is -0.181. The first kappa shape index (κ1) is 13.1. The molecule has 1 atom stereocenters. The molecule has 0 aromatic heterocycles. The SMILES string of the molecule is CC1(c2ccccc2)CNCC2(CCCCCC2)O1. The number of nitrogens with one attached hydrogen (secondary N) is 1. The van der Waals surface area contributed by atoms with Crippen molar-refractivity contribution >= 4 is 0 Å². The first-order valence-electron chi connectivity index (χ1n) is 7.69. The molecule has 1 heterocycles. The molecule has 2 heteroatoms. The Balaban J connectivity index is 1.84. The molecule has 1 aromatic rings. The van der Waals surface area contributed by atoms with Crippen LogP contribution in [-0.4, -0.2) is 18.7 Å². The Morgan fingerprint density at radius 3 is 2.32 bits per heavy atom. The van der Waals surface area contributed by atoms with Gasteiger partial charge in [0.25, 0.3) is 0 Å². The van der Waals surface area contributed by atoms with Crippen LogP contribution >= 0.6 is 0 Å². The van der Waals surface area contributed by atoms with Gasteiger partial charge in [-0.2, -0.15) is 0 Å². The quantitative estimate of drug-likeness (QED) is 0.832. The van der Waals surface area contributed by atoms with E-state index in [9.17, 15) is 0 Å². The Bertz CT molecular complexity index is 409. The van der Waals surface area contributed by atoms with Gasteiger partial charge in [-0.05, 0) is 25.3 Å². The van der Waals surface area contributed by atoms with Gasteiger partial charge in [0.1, 0.15) is 5.60 Å². The summed E-state index contributed by atoms with van der Waals surface area (Å²) in [6.45, 7) is 4.18. The summed E-state index contributed by atoms with van der Waals surface area (Å²) >= 11 is 0. The Labute approximate surface area is 116 Å². The molecule has 1 aliphatic carbocycles. The van der Waals surface area contributed by atoms with E-state index in [0.717, 1.165) is 13.1 Å². The zero-order valence-electron chi connectivity index (χ0n) is 12.0. The summed E-state index contributed by atoms with van der Waals surface area (Å²) in [6, 6.07) is 10.7. The van der Waals surface area contributed by atoms with Crippen LogP contribution in [0.3, 0.4) is 0 Å². The van der Waals surface area contributed by atoms with Crippen LogP contribution in [0.5, 0.6) is 0 Å². The summed E-state index contributed by atoms with van der Waals surface area (Å²) < 4.78 is 6.71. The van der Waals surface area contributed by atoms with Gasteiger partial charge in [0, 0.05) is 13.1 Å². The highest BCUT2D eigenvalue weighted by Gasteiger charge is 2.43. The normalized spacial score (nSPS) is 31.0. The van der Waals surface area contributed by atoms with Crippen molar-refractivity contribution in [1.29, 1.82) is 0 Å². The maximum absolute atomic E-state index is 6.71. The van der Waals surface area contributed by atoms with Gasteiger partial charge in [-0.3, -0.25) is 0 Å². The molecule has 0 bridgehead atoms. The molecule has 1 aliphatic heterocycles. The van der Waals surface area contributed by atoms with Gasteiger partial charge in [-0.25, -0.2) is 0 Å². The molecule has 3 rings (SSSR count). The molecule has 1 saturated heterocycles. The molecular weight excluding hydrogens is 234 g/mol. The van der Waals surface area contributed by atoms with Gasteiger partial charge in [0.15, 0.2) is 0 Å². The molecule has 19 heavy (non-hydrogen) atoms. The molecular formula is C17H25NO. The largest absolute Gasteiger partial charge is 0.361 e. The van der Waals surface area contributed by atoms with Crippen molar-refractivity contribution in [2.24, 2.45) is 0 Å². The summed E-state index contributed by atoms with van der Waals surface area (Å²) in [5, 5.41) is 3.64. The molecule has 2 nitrogen and oxygen atoms in total. The molecule has 1 saturated carbocycles. The van der Waals surface area contributed by atoms with Crippen molar-refractivity contribution < 1.29 is 4.74 Å². The van der Waals surface area contributed by atoms with E-state index in [0.29, 0.717) is 0 Å². The lowest BCUT2D eigenvalue weighted by Gasteiger charge is -2.47. The first-order valence-corrected chi connectivity index (χ1v) is 7.69. The van der Waals surface area contributed by atoms with Gasteiger partial charge in [0.05, 0.1) is 5.60 Å². The van der Waals surface area contributed by atoms with Gasteiger partial charge in [-0.15, -0.1) is 0 Å². The lowest BCUT2D eigenvalue weighted by atomic mass is 9.86. The minimum absolute atomic E-state index is 0.0688. The van der Waals surface area contributed by atoms with E-state index in [1.807, 2.05) is 0 Å². The molecule has 2 aliphatic rings. The standard InChI is InChI=1S/C17H25NO/c1-16(15-9-5-4-6-10-15)13-18-14-17(19-16)11-7-2-3-8-12-17/h4-6,9-10,18H,2-3,7-8,11-14H2,1H3. The third-order valence-corrected chi connectivity index (χ3v) is 4.75. The third kappa shape index (κ3) is 2.70. The van der Waals surface area contributed by atoms with Gasteiger partial charge in [0.2, 0.25) is 0 Å². The maximum atomic E-state index is 6.71. The van der Waals surface area contributed by atoms with E-state index in [2.05, 4.69) is 42.6 Å². The predicted molar refractivity (Wildman–Crippen MR) is 78.2 cm³/mol. The summed E-state index contributed by atoms with van der Waals surface area (Å²) in [7, 11) is 0. The maximum Gasteiger partial charge on any atom is 0.103 e. The fourth-order valence-electron chi connectivity index (χ4n) is 3.68. The Morgan fingerprint density at radius 2 is 1.63 bits per heavy atom. The molecule has 0 radical (unpaired) electrons. The molecule has 1 N–H and O–H groups in total. The minimum atomic E-state index is -0.177. The monoisotopic (exact) mass is 259 g/mol. The van der Waals surface area contributed by atoms with Crippen LogP contribution in [0.15, 0.2) is 30.3 Å². The van der Waals surface area contributed by atoms with Crippen LogP contribution in [0.2, 0.25) is 0 Å². The van der Waals surface area contributed by atoms with E-state index in [4.69, 9.17) is 4.74 Å². The van der Waals surface area contributed by atoms with Crippen molar-refractivity contribution in [2.45, 2.75) is 56.7 Å². The third-order valence-electron chi connectivity index (χ3n) is 4.75. The van der Waals surface area contributed by atoms with E-state index >= 15 is 0 Å². The number of ether oxygens (including phenoxy) is 1. The van der Waals surface area contributed by atoms with Crippen LogP contribution in [-0.2, 0) is 10.3 Å². The summed E-state index contributed by atoms with van der Waals surface area (Å²) in [4.78, 5) is 0. The zero-order valence-corrected chi connectivity index (χ0v) is 12.0. The summed E-state index contributed by atoms with van der Waals surface area (Å²) in [5.74, 6) is 0. The first-order chi connectivity index (χ1) is 9.23. The molecule has 104 valence electrons. The predicted octanol–water partition coefficient (Wildman–Crippen LogP) is 3.61. The van der Waals surface area contributed by atoms with Gasteiger partial charge in [-0.1, -0.05) is 56.0 Å². The Kier molecular flexibility index (Phi) is 3.64. The highest BCUT2D eigenvalue weighted by atomic mass is 16.5. The van der Waals surface area contributed by atoms with Crippen molar-refractivity contribution in [3.63, 3.8) is 0 Å². The average molecular weight is 259 g/mol. The number of rotatable bonds is 1. The fraction of sp³-hybridized carbons (Fsp3) is 0.647. The lowest BCUT2D eigenvalue weighted by Crippen LogP contribution is -2.57. The van der Waals surface area contributed by atoms with Gasteiger partial charge < -0.3 is 10.1 Å². The van der Waals surface area contributed by atoms with Crippen molar-refractivity contribution in [2.75, 3.05) is 13.1 Å². The van der Waals surface area contributed by atoms with E-state index in [-0.39, 0.29) is 11.2 Å². The second kappa shape index (κ2) is 5.26. The summed E-state index contributed by atoms with van der Waals surface area (Å²) in [6.07, 6.45) is 7.78. The van der Waals surface area contributed by atoms with Crippen molar-refractivity contribution in [3.05, 3.63) is 35.9 Å². The van der Waals surface area contributed by atoms with Crippen LogP contribution in [0.4, 0.5) is 0 Å². The van der Waals surface area contributed by atoms with Crippen molar-refractivity contribution in [1.82, 2.24) is 5.32 Å².